The van der Waals surface area contributed by atoms with E-state index in [-0.39, 0.29) is 11.9 Å². The smallest absolute Gasteiger partial charge is 0.321 e. The highest BCUT2D eigenvalue weighted by Gasteiger charge is 2.17. The van der Waals surface area contributed by atoms with Gasteiger partial charge < -0.3 is 26.0 Å². The Morgan fingerprint density at radius 3 is 2.62 bits per heavy atom. The molecule has 0 atom stereocenters. The molecule has 0 spiro atoms. The van der Waals surface area contributed by atoms with Gasteiger partial charge in [-0.15, -0.1) is 11.3 Å². The number of hydrogen-bond acceptors (Lipinski definition) is 9. The minimum absolute atomic E-state index is 0.237. The van der Waals surface area contributed by atoms with Gasteiger partial charge in [0.15, 0.2) is 5.13 Å². The molecule has 4 rings (SSSR count). The molecular formula is C27H31N7O3S2. The maximum absolute atomic E-state index is 12.7. The molecule has 12 heteroatoms. The molecular weight excluding hydrogens is 534 g/mol. The number of aromatic nitrogens is 2. The van der Waals surface area contributed by atoms with Crippen LogP contribution in [-0.2, 0) is 0 Å². The van der Waals surface area contributed by atoms with Gasteiger partial charge in [-0.3, -0.25) is 10.1 Å². The molecule has 2 aromatic heterocycles. The molecule has 0 bridgehead atoms. The summed E-state index contributed by atoms with van der Waals surface area (Å²) in [6, 6.07) is 14.1. The minimum Gasteiger partial charge on any atom is -0.497 e. The number of amides is 3. The number of likely N-dealkylation sites (N-methyl/N-ethyl adjacent to an activating group) is 1. The number of rotatable bonds is 11. The molecule has 3 amide bonds. The number of carbonyl (C=O) groups excluding carboxylic acids is 2. The summed E-state index contributed by atoms with van der Waals surface area (Å²) in [5, 5.41) is 11.5. The number of ether oxygens (including phenoxy) is 1. The first kappa shape index (κ1) is 28.0. The van der Waals surface area contributed by atoms with Gasteiger partial charge in [0, 0.05) is 35.3 Å². The van der Waals surface area contributed by atoms with Gasteiger partial charge in [0.1, 0.15) is 21.5 Å². The summed E-state index contributed by atoms with van der Waals surface area (Å²) in [5.74, 6) is 0.682. The van der Waals surface area contributed by atoms with Crippen molar-refractivity contribution in [1.29, 1.82) is 0 Å². The number of hydrogen-bond donors (Lipinski definition) is 4. The number of carbonyl (C=O) groups is 2. The van der Waals surface area contributed by atoms with E-state index in [1.807, 2.05) is 29.6 Å². The maximum atomic E-state index is 12.7. The third kappa shape index (κ3) is 7.31. The van der Waals surface area contributed by atoms with Crippen LogP contribution in [0.5, 0.6) is 5.75 Å². The van der Waals surface area contributed by atoms with E-state index in [1.54, 1.807) is 31.4 Å². The first-order valence-electron chi connectivity index (χ1n) is 12.4. The number of urea groups is 1. The molecule has 5 N–H and O–H groups in total. The van der Waals surface area contributed by atoms with Crippen molar-refractivity contribution in [2.45, 2.75) is 13.8 Å². The second-order valence-corrected chi connectivity index (χ2v) is 10.3. The Hall–Kier alpha value is -4.00. The summed E-state index contributed by atoms with van der Waals surface area (Å²) in [6.07, 6.45) is 0. The first-order valence-corrected chi connectivity index (χ1v) is 14.1. The Morgan fingerprint density at radius 1 is 1.05 bits per heavy atom. The van der Waals surface area contributed by atoms with Crippen LogP contribution in [0.4, 0.5) is 21.4 Å². The van der Waals surface area contributed by atoms with Crippen LogP contribution in [0, 0.1) is 0 Å². The molecule has 4 aromatic rings. The number of benzene rings is 2. The normalized spacial score (nSPS) is 10.9. The van der Waals surface area contributed by atoms with Gasteiger partial charge >= 0.3 is 6.03 Å². The lowest BCUT2D eigenvalue weighted by Gasteiger charge is -2.17. The molecule has 10 nitrogen and oxygen atoms in total. The van der Waals surface area contributed by atoms with Crippen LogP contribution in [-0.4, -0.2) is 60.1 Å². The van der Waals surface area contributed by atoms with Gasteiger partial charge in [-0.1, -0.05) is 43.4 Å². The van der Waals surface area contributed by atoms with E-state index in [9.17, 15) is 9.59 Å². The number of thiazole rings is 2. The van der Waals surface area contributed by atoms with E-state index in [0.29, 0.717) is 44.4 Å². The summed E-state index contributed by atoms with van der Waals surface area (Å²) in [4.78, 5) is 36.9. The van der Waals surface area contributed by atoms with E-state index in [2.05, 4.69) is 39.7 Å². The first-order chi connectivity index (χ1) is 18.9. The zero-order valence-electron chi connectivity index (χ0n) is 22.0. The SMILES string of the molecule is CCN(CC)CCNC(=O)Nc1nc(N)c(-c2nc(-c3cccc(NC(=O)c4cccc(OC)c4)c3)cs2)s1. The molecule has 0 aliphatic rings. The van der Waals surface area contributed by atoms with Gasteiger partial charge in [-0.05, 0) is 43.4 Å². The predicted octanol–water partition coefficient (Wildman–Crippen LogP) is 5.24. The molecule has 0 saturated carbocycles. The monoisotopic (exact) mass is 565 g/mol. The maximum Gasteiger partial charge on any atom is 0.321 e. The number of anilines is 3. The topological polar surface area (TPSA) is 134 Å². The van der Waals surface area contributed by atoms with Crippen molar-refractivity contribution in [1.82, 2.24) is 20.2 Å². The second kappa shape index (κ2) is 13.2. The molecule has 39 heavy (non-hydrogen) atoms. The Morgan fingerprint density at radius 2 is 1.85 bits per heavy atom. The number of nitrogens with zero attached hydrogens (tertiary/aromatic N) is 3. The molecule has 2 heterocycles. The second-order valence-electron chi connectivity index (χ2n) is 8.45. The van der Waals surface area contributed by atoms with Crippen molar-refractivity contribution in [2.24, 2.45) is 0 Å². The lowest BCUT2D eigenvalue weighted by atomic mass is 10.1. The van der Waals surface area contributed by atoms with E-state index in [4.69, 9.17) is 15.5 Å². The van der Waals surface area contributed by atoms with Crippen molar-refractivity contribution >= 4 is 51.2 Å². The fraction of sp³-hybridized carbons (Fsp3) is 0.259. The summed E-state index contributed by atoms with van der Waals surface area (Å²) >= 11 is 2.70. The molecule has 0 unspecified atom stereocenters. The number of nitrogen functional groups attached to an aromatic ring is 1. The lowest BCUT2D eigenvalue weighted by Crippen LogP contribution is -2.36. The Bertz CT molecular complexity index is 1430. The number of methoxy groups -OCH3 is 1. The highest BCUT2D eigenvalue weighted by Crippen LogP contribution is 2.38. The van der Waals surface area contributed by atoms with Crippen LogP contribution in [0.25, 0.3) is 21.1 Å². The Balaban J connectivity index is 1.41. The summed E-state index contributed by atoms with van der Waals surface area (Å²) in [5.41, 5.74) is 8.88. The fourth-order valence-electron chi connectivity index (χ4n) is 3.78. The average molecular weight is 566 g/mol. The van der Waals surface area contributed by atoms with Crippen molar-refractivity contribution in [3.63, 3.8) is 0 Å². The third-order valence-corrected chi connectivity index (χ3v) is 7.91. The minimum atomic E-state index is -0.324. The van der Waals surface area contributed by atoms with Crippen molar-refractivity contribution in [2.75, 3.05) is 49.7 Å². The van der Waals surface area contributed by atoms with Crippen LogP contribution in [0.2, 0.25) is 0 Å². The molecule has 0 saturated heterocycles. The van der Waals surface area contributed by atoms with Crippen LogP contribution >= 0.6 is 22.7 Å². The van der Waals surface area contributed by atoms with Crippen molar-refractivity contribution in [3.8, 4) is 26.9 Å². The van der Waals surface area contributed by atoms with Crippen LogP contribution in [0.3, 0.4) is 0 Å². The summed E-state index contributed by atoms with van der Waals surface area (Å²) < 4.78 is 5.21. The standard InChI is InChI=1S/C27H31N7O3S2/c1-4-34(5-2)13-12-29-26(36)33-27-32-23(28)22(39-27)25-31-21(16-38-25)17-8-6-10-19(14-17)30-24(35)18-9-7-11-20(15-18)37-3/h6-11,14-16H,4-5,12-13,28H2,1-3H3,(H,30,35)(H2,29,32,33,36). The quantitative estimate of drug-likeness (QED) is 0.195. The molecule has 0 aliphatic heterocycles. The summed E-state index contributed by atoms with van der Waals surface area (Å²) in [7, 11) is 1.56. The predicted molar refractivity (Wildman–Crippen MR) is 159 cm³/mol. The van der Waals surface area contributed by atoms with E-state index in [1.165, 1.54) is 22.7 Å². The average Bonchev–Trinajstić information content (AvgIpc) is 3.58. The molecule has 0 fully saturated rings. The van der Waals surface area contributed by atoms with Gasteiger partial charge in [-0.2, -0.15) is 0 Å². The van der Waals surface area contributed by atoms with Crippen LogP contribution in [0.15, 0.2) is 53.9 Å². The third-order valence-electron chi connectivity index (χ3n) is 5.93. The highest BCUT2D eigenvalue weighted by atomic mass is 32.1. The lowest BCUT2D eigenvalue weighted by molar-refractivity contribution is 0.102. The van der Waals surface area contributed by atoms with Gasteiger partial charge in [0.05, 0.1) is 12.8 Å². The van der Waals surface area contributed by atoms with Crippen LogP contribution in [0.1, 0.15) is 24.2 Å². The van der Waals surface area contributed by atoms with Gasteiger partial charge in [-0.25, -0.2) is 14.8 Å². The highest BCUT2D eigenvalue weighted by molar-refractivity contribution is 7.23. The van der Waals surface area contributed by atoms with Crippen molar-refractivity contribution < 1.29 is 14.3 Å². The van der Waals surface area contributed by atoms with Crippen molar-refractivity contribution in [3.05, 3.63) is 59.5 Å². The van der Waals surface area contributed by atoms with Gasteiger partial charge in [0.25, 0.3) is 5.91 Å². The molecule has 2 aromatic carbocycles. The van der Waals surface area contributed by atoms with Crippen LogP contribution < -0.4 is 26.4 Å². The Kier molecular flexibility index (Phi) is 9.47. The number of nitrogens with two attached hydrogens (primary N) is 1. The molecule has 0 radical (unpaired) electrons. The molecule has 0 aliphatic carbocycles. The van der Waals surface area contributed by atoms with E-state index >= 15 is 0 Å². The number of nitrogens with one attached hydrogen (secondary N) is 3. The zero-order chi connectivity index (χ0) is 27.8. The Labute approximate surface area is 235 Å². The van der Waals surface area contributed by atoms with E-state index in [0.717, 1.165) is 30.9 Å². The largest absolute Gasteiger partial charge is 0.497 e. The zero-order valence-corrected chi connectivity index (χ0v) is 23.6. The molecule has 204 valence electrons. The van der Waals surface area contributed by atoms with E-state index < -0.39 is 0 Å². The fourth-order valence-corrected chi connectivity index (χ4v) is 5.59. The summed E-state index contributed by atoms with van der Waals surface area (Å²) in [6.45, 7) is 7.36. The van der Waals surface area contributed by atoms with Gasteiger partial charge in [0.2, 0.25) is 0 Å².